The number of hydrogen-bond acceptors (Lipinski definition) is 2. The summed E-state index contributed by atoms with van der Waals surface area (Å²) in [5.74, 6) is 0.941. The number of benzene rings is 1. The van der Waals surface area contributed by atoms with Gasteiger partial charge in [0.2, 0.25) is 0 Å². The van der Waals surface area contributed by atoms with Crippen LogP contribution in [0.15, 0.2) is 47.3 Å². The normalized spacial score (nSPS) is 12.3. The van der Waals surface area contributed by atoms with Crippen molar-refractivity contribution >= 4 is 28.4 Å². The lowest BCUT2D eigenvalue weighted by Gasteiger charge is -2.21. The number of anilines is 1. The highest BCUT2D eigenvalue weighted by molar-refractivity contribution is 7.10. The first-order valence-electron chi connectivity index (χ1n) is 7.88. The fraction of sp³-hybridized carbons (Fsp3) is 0.350. The maximum Gasteiger partial charge on any atom is 0.0975 e. The molecular weight excluding hydrogens is 300 g/mol. The van der Waals surface area contributed by atoms with E-state index >= 15 is 0 Å². The molecule has 0 amide bonds. The molecule has 1 heterocycles. The number of nitrogens with zero attached hydrogens (tertiary/aromatic N) is 1. The fourth-order valence-corrected chi connectivity index (χ4v) is 3.16. The number of nitrogens with one attached hydrogen (secondary N) is 1. The number of allylic oxidation sites excluding steroid dienone is 1. The molecule has 0 bridgehead atoms. The van der Waals surface area contributed by atoms with E-state index in [1.54, 1.807) is 11.3 Å². The maximum absolute atomic E-state index is 4.75. The summed E-state index contributed by atoms with van der Waals surface area (Å²) in [5, 5.41) is 5.56. The van der Waals surface area contributed by atoms with Gasteiger partial charge in [0.1, 0.15) is 0 Å². The molecule has 0 saturated heterocycles. The average molecular weight is 327 g/mol. The Hall–Kier alpha value is -1.87. The molecule has 0 aliphatic rings. The monoisotopic (exact) mass is 326 g/mol. The molecule has 0 radical (unpaired) electrons. The maximum atomic E-state index is 4.75. The van der Waals surface area contributed by atoms with Crippen molar-refractivity contribution in [2.45, 2.75) is 40.0 Å². The number of rotatable bonds is 5. The number of aryl methyl sites for hydroxylation is 1. The second kappa shape index (κ2) is 7.14. The Bertz CT molecular complexity index is 709. The number of amidine groups is 1. The van der Waals surface area contributed by atoms with Crippen molar-refractivity contribution in [1.82, 2.24) is 0 Å². The van der Waals surface area contributed by atoms with Gasteiger partial charge in [-0.15, -0.1) is 11.3 Å². The predicted octanol–water partition coefficient (Wildman–Crippen LogP) is 5.90. The molecule has 1 aromatic carbocycles. The van der Waals surface area contributed by atoms with Crippen LogP contribution in [0.3, 0.4) is 0 Å². The lowest BCUT2D eigenvalue weighted by molar-refractivity contribution is 0.552. The zero-order valence-corrected chi connectivity index (χ0v) is 15.6. The van der Waals surface area contributed by atoms with E-state index < -0.39 is 0 Å². The van der Waals surface area contributed by atoms with Crippen molar-refractivity contribution in [1.29, 1.82) is 0 Å². The Kier molecular flexibility index (Phi) is 5.42. The molecule has 1 aromatic heterocycles. The highest BCUT2D eigenvalue weighted by Gasteiger charge is 2.21. The van der Waals surface area contributed by atoms with E-state index in [2.05, 4.69) is 68.4 Å². The van der Waals surface area contributed by atoms with Crippen LogP contribution in [0, 0.1) is 6.92 Å². The van der Waals surface area contributed by atoms with Gasteiger partial charge in [-0.3, -0.25) is 4.99 Å². The second-order valence-corrected chi connectivity index (χ2v) is 7.65. The summed E-state index contributed by atoms with van der Waals surface area (Å²) in [7, 11) is 0. The molecule has 0 fully saturated rings. The molecule has 0 spiro atoms. The van der Waals surface area contributed by atoms with Crippen LogP contribution in [-0.4, -0.2) is 12.4 Å². The molecule has 2 rings (SSSR count). The van der Waals surface area contributed by atoms with Crippen LogP contribution in [0.25, 0.3) is 5.57 Å². The largest absolute Gasteiger partial charge is 0.344 e. The Morgan fingerprint density at radius 2 is 2.00 bits per heavy atom. The first-order valence-corrected chi connectivity index (χ1v) is 8.76. The minimum atomic E-state index is 0.0612. The van der Waals surface area contributed by atoms with Gasteiger partial charge < -0.3 is 5.32 Å². The average Bonchev–Trinajstić information content (AvgIpc) is 3.02. The summed E-state index contributed by atoms with van der Waals surface area (Å²) in [6.45, 7) is 15.4. The van der Waals surface area contributed by atoms with Crippen LogP contribution in [0.4, 0.5) is 5.69 Å². The second-order valence-electron chi connectivity index (χ2n) is 6.70. The van der Waals surface area contributed by atoms with E-state index in [-0.39, 0.29) is 5.41 Å². The first kappa shape index (κ1) is 17.5. The Morgan fingerprint density at radius 3 is 2.61 bits per heavy atom. The molecule has 0 unspecified atom stereocenters. The topological polar surface area (TPSA) is 24.4 Å². The molecule has 0 aliphatic heterocycles. The Labute approximate surface area is 144 Å². The van der Waals surface area contributed by atoms with Crippen molar-refractivity contribution in [3.63, 3.8) is 0 Å². The van der Waals surface area contributed by atoms with Crippen molar-refractivity contribution in [3.05, 3.63) is 58.3 Å². The minimum absolute atomic E-state index is 0.0612. The Balaban J connectivity index is 2.11. The summed E-state index contributed by atoms with van der Waals surface area (Å²) in [6.07, 6.45) is 0. The number of aliphatic imine (C=N–C) groups is 1. The van der Waals surface area contributed by atoms with Gasteiger partial charge in [0.15, 0.2) is 0 Å². The zero-order valence-electron chi connectivity index (χ0n) is 14.7. The molecule has 2 aromatic rings. The van der Waals surface area contributed by atoms with Crippen LogP contribution in [0.5, 0.6) is 0 Å². The standard InChI is InChI=1S/C20H26N2S/c1-14(2)17-10-9-15(3)18(12-17)22-16(4)21-13-20(5,6)19-8-7-11-23-19/h7-12H,1,13H2,2-6H3,(H,21,22). The molecule has 0 saturated carbocycles. The highest BCUT2D eigenvalue weighted by atomic mass is 32.1. The SMILES string of the molecule is C=C(C)c1ccc(C)c(NC(C)=NCC(C)(C)c2cccs2)c1. The van der Waals surface area contributed by atoms with Gasteiger partial charge in [-0.25, -0.2) is 0 Å². The van der Waals surface area contributed by atoms with Crippen molar-refractivity contribution in [2.24, 2.45) is 4.99 Å². The van der Waals surface area contributed by atoms with E-state index in [0.717, 1.165) is 29.2 Å². The summed E-state index contributed by atoms with van der Waals surface area (Å²) in [4.78, 5) is 6.12. The van der Waals surface area contributed by atoms with E-state index in [0.29, 0.717) is 0 Å². The van der Waals surface area contributed by atoms with Crippen LogP contribution in [0.2, 0.25) is 0 Å². The van der Waals surface area contributed by atoms with E-state index in [1.165, 1.54) is 10.4 Å². The van der Waals surface area contributed by atoms with Gasteiger partial charge in [0, 0.05) is 16.0 Å². The summed E-state index contributed by atoms with van der Waals surface area (Å²) >= 11 is 1.79. The van der Waals surface area contributed by atoms with Crippen molar-refractivity contribution in [2.75, 3.05) is 11.9 Å². The highest BCUT2D eigenvalue weighted by Crippen LogP contribution is 2.28. The van der Waals surface area contributed by atoms with E-state index in [9.17, 15) is 0 Å². The zero-order chi connectivity index (χ0) is 17.0. The third-order valence-corrected chi connectivity index (χ3v) is 5.18. The molecule has 2 nitrogen and oxygen atoms in total. The summed E-state index contributed by atoms with van der Waals surface area (Å²) in [6, 6.07) is 10.7. The van der Waals surface area contributed by atoms with Gasteiger partial charge in [-0.1, -0.05) is 44.2 Å². The van der Waals surface area contributed by atoms with Gasteiger partial charge >= 0.3 is 0 Å². The molecule has 122 valence electrons. The smallest absolute Gasteiger partial charge is 0.0975 e. The predicted molar refractivity (Wildman–Crippen MR) is 105 cm³/mol. The molecular formula is C20H26N2S. The molecule has 3 heteroatoms. The van der Waals surface area contributed by atoms with Gasteiger partial charge in [-0.05, 0) is 49.4 Å². The summed E-state index contributed by atoms with van der Waals surface area (Å²) in [5.41, 5.74) is 4.60. The van der Waals surface area contributed by atoms with Crippen LogP contribution in [0.1, 0.15) is 43.7 Å². The number of thiophene rings is 1. The van der Waals surface area contributed by atoms with Gasteiger partial charge in [-0.2, -0.15) is 0 Å². The number of hydrogen-bond donors (Lipinski definition) is 1. The van der Waals surface area contributed by atoms with Gasteiger partial charge in [0.05, 0.1) is 12.4 Å². The Morgan fingerprint density at radius 1 is 1.26 bits per heavy atom. The first-order chi connectivity index (χ1) is 10.8. The van der Waals surface area contributed by atoms with Crippen LogP contribution in [-0.2, 0) is 5.41 Å². The minimum Gasteiger partial charge on any atom is -0.344 e. The van der Waals surface area contributed by atoms with Gasteiger partial charge in [0.25, 0.3) is 0 Å². The third kappa shape index (κ3) is 4.55. The van der Waals surface area contributed by atoms with Crippen LogP contribution >= 0.6 is 11.3 Å². The lowest BCUT2D eigenvalue weighted by atomic mass is 9.92. The molecule has 0 atom stereocenters. The molecule has 0 aliphatic carbocycles. The molecule has 1 N–H and O–H groups in total. The molecule has 23 heavy (non-hydrogen) atoms. The van der Waals surface area contributed by atoms with Crippen molar-refractivity contribution in [3.8, 4) is 0 Å². The van der Waals surface area contributed by atoms with E-state index in [4.69, 9.17) is 4.99 Å². The quantitative estimate of drug-likeness (QED) is 0.537. The van der Waals surface area contributed by atoms with E-state index in [1.807, 2.05) is 13.8 Å². The van der Waals surface area contributed by atoms with Crippen LogP contribution < -0.4 is 5.32 Å². The fourth-order valence-electron chi connectivity index (χ4n) is 2.31. The third-order valence-electron chi connectivity index (χ3n) is 3.95. The lowest BCUT2D eigenvalue weighted by Crippen LogP contribution is -2.21. The summed E-state index contributed by atoms with van der Waals surface area (Å²) < 4.78 is 0. The van der Waals surface area contributed by atoms with Crippen molar-refractivity contribution < 1.29 is 0 Å².